The van der Waals surface area contributed by atoms with Crippen molar-refractivity contribution in [2.45, 2.75) is 56.3 Å². The number of phenols is 1. The first kappa shape index (κ1) is 29.2. The maximum Gasteiger partial charge on any atom is 0.252 e. The number of likely N-dealkylation sites (N-methyl/N-ethyl adjacent to an activating group) is 1. The molecule has 2 amide bonds. The molecule has 1 aromatic carbocycles. The highest BCUT2D eigenvalue weighted by Crippen LogP contribution is 2.58. The van der Waals surface area contributed by atoms with Gasteiger partial charge in [-0.1, -0.05) is 12.5 Å². The Morgan fingerprint density at radius 2 is 1.98 bits per heavy atom. The molecule has 41 heavy (non-hydrogen) atoms. The van der Waals surface area contributed by atoms with Crippen LogP contribution in [0.25, 0.3) is 5.76 Å². The number of aromatic hydroxyl groups is 1. The molecule has 0 radical (unpaired) electrons. The van der Waals surface area contributed by atoms with Crippen molar-refractivity contribution in [3.8, 4) is 5.75 Å². The molecule has 7 N–H and O–H groups in total. The van der Waals surface area contributed by atoms with Crippen LogP contribution in [0.2, 0.25) is 0 Å². The monoisotopic (exact) mass is 586 g/mol. The van der Waals surface area contributed by atoms with Gasteiger partial charge >= 0.3 is 0 Å². The molecule has 5 rings (SSSR count). The zero-order valence-corrected chi connectivity index (χ0v) is 24.4. The van der Waals surface area contributed by atoms with Gasteiger partial charge in [0.25, 0.3) is 5.91 Å². The maximum absolute atomic E-state index is 15.5. The smallest absolute Gasteiger partial charge is 0.252 e. The van der Waals surface area contributed by atoms with Crippen LogP contribution in [-0.4, -0.2) is 75.7 Å². The number of anilines is 1. The Morgan fingerprint density at radius 1 is 1.27 bits per heavy atom. The Labute approximate surface area is 239 Å². The van der Waals surface area contributed by atoms with Crippen LogP contribution in [0.5, 0.6) is 5.75 Å². The minimum Gasteiger partial charge on any atom is -0.510 e. The lowest BCUT2D eigenvalue weighted by Gasteiger charge is -2.53. The highest BCUT2D eigenvalue weighted by atomic mass is 31.0. The van der Waals surface area contributed by atoms with E-state index in [-0.39, 0.29) is 52.1 Å². The fraction of sp³-hybridized carbons (Fsp3) is 0.483. The number of piperidine rings is 1. The SMILES string of the molecule is CC=C1C(C(N)=O)=C(O)[C@@H](N(C)C)[C@@H]2C[C@@H]3Cc4c(F)cc(NC(=O)[C@H]5CCCCN5)c(O)c4C(O)=C3C(=O)[C@]12P. The highest BCUT2D eigenvalue weighted by molar-refractivity contribution is 7.22. The molecule has 1 saturated heterocycles. The maximum atomic E-state index is 15.5. The van der Waals surface area contributed by atoms with E-state index in [0.717, 1.165) is 18.9 Å². The summed E-state index contributed by atoms with van der Waals surface area (Å²) in [6.07, 6.45) is 4.22. The van der Waals surface area contributed by atoms with Crippen LogP contribution >= 0.6 is 9.24 Å². The van der Waals surface area contributed by atoms with E-state index in [1.165, 1.54) is 0 Å². The van der Waals surface area contributed by atoms with E-state index < -0.39 is 64.0 Å². The van der Waals surface area contributed by atoms with Crippen LogP contribution in [0.1, 0.15) is 43.7 Å². The quantitative estimate of drug-likeness (QED) is 0.231. The van der Waals surface area contributed by atoms with Crippen molar-refractivity contribution in [2.75, 3.05) is 26.0 Å². The third-order valence-electron chi connectivity index (χ3n) is 9.06. The van der Waals surface area contributed by atoms with Crippen molar-refractivity contribution in [3.05, 3.63) is 51.6 Å². The second-order valence-electron chi connectivity index (χ2n) is 11.5. The predicted molar refractivity (Wildman–Crippen MR) is 155 cm³/mol. The largest absolute Gasteiger partial charge is 0.510 e. The number of nitrogens with one attached hydrogen (secondary N) is 2. The average Bonchev–Trinajstić information content (AvgIpc) is 2.92. The Balaban J connectivity index is 1.63. The van der Waals surface area contributed by atoms with Crippen molar-refractivity contribution in [1.29, 1.82) is 0 Å². The van der Waals surface area contributed by atoms with E-state index in [1.807, 2.05) is 0 Å². The lowest BCUT2D eigenvalue weighted by atomic mass is 9.57. The summed E-state index contributed by atoms with van der Waals surface area (Å²) in [6, 6.07) is -0.212. The number of benzene rings is 1. The minimum absolute atomic E-state index is 0.00191. The molecule has 1 unspecified atom stereocenters. The third-order valence-corrected chi connectivity index (χ3v) is 10.1. The first-order chi connectivity index (χ1) is 19.3. The summed E-state index contributed by atoms with van der Waals surface area (Å²) < 4.78 is 15.5. The first-order valence-electron chi connectivity index (χ1n) is 13.8. The van der Waals surface area contributed by atoms with Gasteiger partial charge in [0.1, 0.15) is 17.3 Å². The number of aliphatic hydroxyl groups is 2. The molecular weight excluding hydrogens is 550 g/mol. The van der Waals surface area contributed by atoms with E-state index in [0.29, 0.717) is 13.0 Å². The molecule has 12 heteroatoms. The number of Topliss-reactive ketones (excluding diaryl/α,β-unsaturated/α-hetero) is 1. The minimum atomic E-state index is -1.44. The number of carbonyl (C=O) groups is 3. The molecule has 10 nitrogen and oxygen atoms in total. The van der Waals surface area contributed by atoms with E-state index in [4.69, 9.17) is 5.73 Å². The van der Waals surface area contributed by atoms with Crippen molar-refractivity contribution in [3.63, 3.8) is 0 Å². The number of phenolic OH excluding ortho intramolecular Hbond substituents is 1. The molecule has 1 aromatic rings. The average molecular weight is 587 g/mol. The number of hydrogen-bond acceptors (Lipinski definition) is 8. The zero-order valence-electron chi connectivity index (χ0n) is 23.3. The van der Waals surface area contributed by atoms with E-state index >= 15 is 4.39 Å². The predicted octanol–water partition coefficient (Wildman–Crippen LogP) is 2.44. The van der Waals surface area contributed by atoms with Gasteiger partial charge in [0.2, 0.25) is 5.91 Å². The fourth-order valence-corrected chi connectivity index (χ4v) is 7.99. The number of carbonyl (C=O) groups excluding carboxylic acids is 3. The third kappa shape index (κ3) is 4.37. The second kappa shape index (κ2) is 10.5. The topological polar surface area (TPSA) is 165 Å². The van der Waals surface area contributed by atoms with Crippen LogP contribution in [-0.2, 0) is 20.8 Å². The number of hydrogen-bond donors (Lipinski definition) is 6. The highest BCUT2D eigenvalue weighted by Gasteiger charge is 2.60. The van der Waals surface area contributed by atoms with Crippen molar-refractivity contribution >= 4 is 38.3 Å². The summed E-state index contributed by atoms with van der Waals surface area (Å²) in [5.74, 6) is -5.11. The number of halogens is 1. The second-order valence-corrected chi connectivity index (χ2v) is 12.4. The number of primary amides is 1. The Bertz CT molecular complexity index is 1450. The van der Waals surface area contributed by atoms with Gasteiger partial charge in [-0.2, -0.15) is 0 Å². The van der Waals surface area contributed by atoms with Gasteiger partial charge in [-0.25, -0.2) is 4.39 Å². The molecule has 0 aromatic heterocycles. The van der Waals surface area contributed by atoms with E-state index in [9.17, 15) is 29.7 Å². The van der Waals surface area contributed by atoms with Gasteiger partial charge < -0.3 is 31.7 Å². The molecule has 3 aliphatic carbocycles. The van der Waals surface area contributed by atoms with Gasteiger partial charge in [0.15, 0.2) is 11.5 Å². The van der Waals surface area contributed by atoms with Gasteiger partial charge in [0, 0.05) is 23.1 Å². The van der Waals surface area contributed by atoms with Crippen molar-refractivity contribution in [1.82, 2.24) is 10.2 Å². The molecule has 2 fully saturated rings. The van der Waals surface area contributed by atoms with Crippen LogP contribution in [0.3, 0.4) is 0 Å². The first-order valence-corrected chi connectivity index (χ1v) is 14.3. The zero-order chi connectivity index (χ0) is 30.0. The number of nitrogens with two attached hydrogens (primary N) is 1. The van der Waals surface area contributed by atoms with Gasteiger partial charge in [-0.3, -0.25) is 19.3 Å². The van der Waals surface area contributed by atoms with Crippen molar-refractivity contribution < 1.29 is 34.1 Å². The molecule has 1 aliphatic heterocycles. The molecule has 4 aliphatic rings. The molecule has 0 bridgehead atoms. The van der Waals surface area contributed by atoms with E-state index in [1.54, 1.807) is 32.0 Å². The van der Waals surface area contributed by atoms with Crippen LogP contribution in [0, 0.1) is 17.7 Å². The molecule has 0 spiro atoms. The number of rotatable bonds is 4. The normalized spacial score (nSPS) is 30.7. The standard InChI is InChI=1S/C29H36FN4O6P/c1-4-14-21(27(31)39)25(37)22(34(2)3)15-10-12-9-13-16(30)11-18(33-28(40)17-7-5-6-8-32-17)23(35)20(13)24(36)19(12)26(38)29(14,15)41/h4,11-12,15,17,22,32,35-37H,5-10,41H2,1-3H3,(H2,31,39)(H,33,40)/t12-,15-,17+,22-,29-/m0/s1. The fourth-order valence-electron chi connectivity index (χ4n) is 7.21. The van der Waals surface area contributed by atoms with Gasteiger partial charge in [-0.05, 0) is 64.7 Å². The number of allylic oxidation sites excluding steroid dienone is 2. The van der Waals surface area contributed by atoms with Crippen LogP contribution in [0.4, 0.5) is 10.1 Å². The summed E-state index contributed by atoms with van der Waals surface area (Å²) in [7, 11) is 5.96. The summed E-state index contributed by atoms with van der Waals surface area (Å²) in [4.78, 5) is 41.4. The number of nitrogens with zero attached hydrogens (tertiary/aromatic N) is 1. The Hall–Kier alpha value is -3.27. The van der Waals surface area contributed by atoms with Crippen LogP contribution < -0.4 is 16.4 Å². The number of ketones is 1. The number of amides is 2. The lowest BCUT2D eigenvalue weighted by Crippen LogP contribution is -2.60. The summed E-state index contributed by atoms with van der Waals surface area (Å²) in [6.45, 7) is 2.30. The summed E-state index contributed by atoms with van der Waals surface area (Å²) in [5.41, 5.74) is 5.33. The van der Waals surface area contributed by atoms with Gasteiger partial charge in [-0.15, -0.1) is 9.24 Å². The molecule has 1 heterocycles. The van der Waals surface area contributed by atoms with Gasteiger partial charge in [0.05, 0.1) is 34.1 Å². The Morgan fingerprint density at radius 3 is 2.56 bits per heavy atom. The molecule has 220 valence electrons. The lowest BCUT2D eigenvalue weighted by molar-refractivity contribution is -0.122. The molecule has 6 atom stereocenters. The molecular formula is C29H36FN4O6P. The Kier molecular flexibility index (Phi) is 7.51. The molecule has 1 saturated carbocycles. The number of aliphatic hydroxyl groups excluding tert-OH is 2. The van der Waals surface area contributed by atoms with E-state index in [2.05, 4.69) is 19.9 Å². The number of fused-ring (bicyclic) bond motifs is 3. The summed E-state index contributed by atoms with van der Waals surface area (Å²) in [5, 5.41) is 38.1. The van der Waals surface area contributed by atoms with Crippen molar-refractivity contribution in [2.24, 2.45) is 17.6 Å². The van der Waals surface area contributed by atoms with Crippen LogP contribution in [0.15, 0.2) is 34.6 Å². The summed E-state index contributed by atoms with van der Waals surface area (Å²) >= 11 is 0.